The highest BCUT2D eigenvalue weighted by atomic mass is 19.1. The second kappa shape index (κ2) is 8.88. The quantitative estimate of drug-likeness (QED) is 0.258. The molecule has 1 aromatic carbocycles. The number of halogens is 1. The van der Waals surface area contributed by atoms with Crippen LogP contribution in [-0.4, -0.2) is 36.0 Å². The molecule has 6 rings (SSSR count). The van der Waals surface area contributed by atoms with Crippen LogP contribution in [0.4, 0.5) is 10.1 Å². The Balaban J connectivity index is 1.41. The highest BCUT2D eigenvalue weighted by Crippen LogP contribution is 2.34. The number of H-pyrrole nitrogens is 2. The number of nitrogens with one attached hydrogen (secondary N) is 3. The van der Waals surface area contributed by atoms with Crippen molar-refractivity contribution in [3.05, 3.63) is 79.1 Å². The summed E-state index contributed by atoms with van der Waals surface area (Å²) in [5.74, 6) is -0.407. The Morgan fingerprint density at radius 1 is 0.921 bits per heavy atom. The molecule has 0 aliphatic rings. The molecule has 5 aromatic heterocycles. The largest absolute Gasteiger partial charge is 0.352 e. The number of pyridine rings is 3. The van der Waals surface area contributed by atoms with Gasteiger partial charge in [0.15, 0.2) is 0 Å². The second-order valence-electron chi connectivity index (χ2n) is 10.1. The van der Waals surface area contributed by atoms with Crippen molar-refractivity contribution in [1.82, 2.24) is 30.1 Å². The zero-order chi connectivity index (χ0) is 26.4. The van der Waals surface area contributed by atoms with Gasteiger partial charge in [-0.3, -0.25) is 19.9 Å². The Kier molecular flexibility index (Phi) is 5.48. The third-order valence-electron chi connectivity index (χ3n) is 6.35. The van der Waals surface area contributed by atoms with Crippen LogP contribution in [0.25, 0.3) is 55.7 Å². The van der Waals surface area contributed by atoms with Crippen LogP contribution in [0.3, 0.4) is 0 Å². The lowest BCUT2D eigenvalue weighted by Crippen LogP contribution is -2.27. The van der Waals surface area contributed by atoms with Gasteiger partial charge >= 0.3 is 0 Å². The third kappa shape index (κ3) is 4.17. The van der Waals surface area contributed by atoms with Gasteiger partial charge in [-0.25, -0.2) is 9.37 Å². The summed E-state index contributed by atoms with van der Waals surface area (Å²) in [6.07, 6.45) is 6.69. The van der Waals surface area contributed by atoms with Crippen molar-refractivity contribution in [2.75, 3.05) is 5.32 Å². The molecule has 0 radical (unpaired) electrons. The maximum Gasteiger partial charge on any atom is 0.229 e. The predicted octanol–water partition coefficient (Wildman–Crippen LogP) is 6.35. The SMILES string of the molecule is CC(C)(C)C(=O)Nc1cncc(-c2ccc3[nH]nc(-c4cc5c(-c6ccccc6F)cncc5[nH]4)c3n2)c1. The molecule has 6 aromatic rings. The Morgan fingerprint density at radius 3 is 2.55 bits per heavy atom. The van der Waals surface area contributed by atoms with E-state index in [4.69, 9.17) is 4.98 Å². The topological polar surface area (TPSA) is 112 Å². The van der Waals surface area contributed by atoms with Crippen LogP contribution in [0.1, 0.15) is 20.8 Å². The van der Waals surface area contributed by atoms with E-state index in [2.05, 4.69) is 30.5 Å². The average Bonchev–Trinajstić information content (AvgIpc) is 3.52. The lowest BCUT2D eigenvalue weighted by Gasteiger charge is -2.17. The lowest BCUT2D eigenvalue weighted by molar-refractivity contribution is -0.123. The highest BCUT2D eigenvalue weighted by Gasteiger charge is 2.22. The van der Waals surface area contributed by atoms with Gasteiger partial charge in [0.25, 0.3) is 0 Å². The molecular weight excluding hydrogens is 481 g/mol. The molecule has 0 bridgehead atoms. The van der Waals surface area contributed by atoms with E-state index in [9.17, 15) is 9.18 Å². The molecule has 188 valence electrons. The zero-order valence-electron chi connectivity index (χ0n) is 21.0. The average molecular weight is 506 g/mol. The molecule has 0 saturated heterocycles. The summed E-state index contributed by atoms with van der Waals surface area (Å²) in [5, 5.41) is 11.3. The number of aromatic nitrogens is 6. The van der Waals surface area contributed by atoms with Crippen LogP contribution in [0, 0.1) is 11.2 Å². The number of fused-ring (bicyclic) bond motifs is 2. The molecule has 0 aliphatic heterocycles. The van der Waals surface area contributed by atoms with E-state index in [0.29, 0.717) is 33.7 Å². The van der Waals surface area contributed by atoms with Gasteiger partial charge in [0, 0.05) is 39.9 Å². The number of rotatable bonds is 4. The fourth-order valence-corrected chi connectivity index (χ4v) is 4.29. The molecule has 1 amide bonds. The first-order chi connectivity index (χ1) is 18.3. The van der Waals surface area contributed by atoms with Gasteiger partial charge in [-0.1, -0.05) is 39.0 Å². The molecule has 0 spiro atoms. The molecule has 38 heavy (non-hydrogen) atoms. The van der Waals surface area contributed by atoms with Gasteiger partial charge < -0.3 is 10.3 Å². The minimum atomic E-state index is -0.528. The van der Waals surface area contributed by atoms with Crippen molar-refractivity contribution in [2.24, 2.45) is 5.41 Å². The van der Waals surface area contributed by atoms with Gasteiger partial charge in [-0.05, 0) is 30.3 Å². The summed E-state index contributed by atoms with van der Waals surface area (Å²) in [6.45, 7) is 5.57. The van der Waals surface area contributed by atoms with Crippen molar-refractivity contribution in [1.29, 1.82) is 0 Å². The number of carbonyl (C=O) groups excluding carboxylic acids is 1. The van der Waals surface area contributed by atoms with Crippen LogP contribution in [0.2, 0.25) is 0 Å². The Bertz CT molecular complexity index is 1830. The number of carbonyl (C=O) groups is 1. The molecule has 3 N–H and O–H groups in total. The van der Waals surface area contributed by atoms with E-state index in [1.807, 2.05) is 45.0 Å². The maximum absolute atomic E-state index is 14.6. The van der Waals surface area contributed by atoms with Gasteiger partial charge in [0.05, 0.1) is 40.5 Å². The van der Waals surface area contributed by atoms with Crippen molar-refractivity contribution in [3.8, 4) is 33.8 Å². The van der Waals surface area contributed by atoms with Gasteiger partial charge in [0.1, 0.15) is 17.0 Å². The molecule has 0 saturated carbocycles. The van der Waals surface area contributed by atoms with Crippen molar-refractivity contribution < 1.29 is 9.18 Å². The smallest absolute Gasteiger partial charge is 0.229 e. The van der Waals surface area contributed by atoms with Gasteiger partial charge in [0.2, 0.25) is 5.91 Å². The number of benzene rings is 1. The van der Waals surface area contributed by atoms with E-state index in [1.54, 1.807) is 43.0 Å². The van der Waals surface area contributed by atoms with Crippen LogP contribution >= 0.6 is 0 Å². The molecule has 8 nitrogen and oxygen atoms in total. The lowest BCUT2D eigenvalue weighted by atomic mass is 9.95. The van der Waals surface area contributed by atoms with Crippen LogP contribution in [0.5, 0.6) is 0 Å². The van der Waals surface area contributed by atoms with E-state index in [1.165, 1.54) is 6.07 Å². The summed E-state index contributed by atoms with van der Waals surface area (Å²) in [4.78, 5) is 29.3. The van der Waals surface area contributed by atoms with E-state index >= 15 is 0 Å². The first-order valence-electron chi connectivity index (χ1n) is 12.1. The van der Waals surface area contributed by atoms with Crippen molar-refractivity contribution >= 4 is 33.5 Å². The van der Waals surface area contributed by atoms with E-state index in [-0.39, 0.29) is 11.7 Å². The van der Waals surface area contributed by atoms with Gasteiger partial charge in [-0.15, -0.1) is 0 Å². The Labute approximate surface area is 217 Å². The van der Waals surface area contributed by atoms with Crippen LogP contribution < -0.4 is 5.32 Å². The molecule has 9 heteroatoms. The first-order valence-corrected chi connectivity index (χ1v) is 12.1. The number of aromatic amines is 2. The van der Waals surface area contributed by atoms with E-state index in [0.717, 1.165) is 27.7 Å². The summed E-state index contributed by atoms with van der Waals surface area (Å²) >= 11 is 0. The van der Waals surface area contributed by atoms with Gasteiger partial charge in [-0.2, -0.15) is 5.10 Å². The third-order valence-corrected chi connectivity index (χ3v) is 6.35. The molecule has 0 unspecified atom stereocenters. The number of amides is 1. The highest BCUT2D eigenvalue weighted by molar-refractivity contribution is 6.00. The Hall–Kier alpha value is -4.92. The number of nitrogens with zero attached hydrogens (tertiary/aromatic N) is 4. The zero-order valence-corrected chi connectivity index (χ0v) is 21.0. The minimum absolute atomic E-state index is 0.0972. The molecule has 0 atom stereocenters. The normalized spacial score (nSPS) is 11.8. The summed E-state index contributed by atoms with van der Waals surface area (Å²) in [6, 6.07) is 14.2. The maximum atomic E-state index is 14.6. The second-order valence-corrected chi connectivity index (χ2v) is 10.1. The summed E-state index contributed by atoms with van der Waals surface area (Å²) < 4.78 is 14.6. The number of hydrogen-bond donors (Lipinski definition) is 3. The number of hydrogen-bond acceptors (Lipinski definition) is 5. The standard InChI is InChI=1S/C29H24FN7O/c1-29(2,3)28(38)33-17-10-16(12-31-13-17)22-8-9-23-26(35-22)27(37-36-23)24-11-19-20(14-32-15-25(19)34-24)18-6-4-5-7-21(18)30/h4-15,34H,1-3H3,(H,33,38)(H,36,37). The number of anilines is 1. The first kappa shape index (κ1) is 23.5. The monoisotopic (exact) mass is 505 g/mol. The summed E-state index contributed by atoms with van der Waals surface area (Å²) in [5.41, 5.74) is 6.23. The van der Waals surface area contributed by atoms with Crippen molar-refractivity contribution in [2.45, 2.75) is 20.8 Å². The molecule has 5 heterocycles. The summed E-state index contributed by atoms with van der Waals surface area (Å²) in [7, 11) is 0. The van der Waals surface area contributed by atoms with Crippen LogP contribution in [0.15, 0.2) is 73.3 Å². The van der Waals surface area contributed by atoms with Crippen molar-refractivity contribution in [3.63, 3.8) is 0 Å². The molecular formula is C29H24FN7O. The Morgan fingerprint density at radius 2 is 1.74 bits per heavy atom. The molecule has 0 fully saturated rings. The fourth-order valence-electron chi connectivity index (χ4n) is 4.29. The minimum Gasteiger partial charge on any atom is -0.352 e. The van der Waals surface area contributed by atoms with E-state index < -0.39 is 5.41 Å². The molecule has 0 aliphatic carbocycles. The fraction of sp³-hybridized carbons (Fsp3) is 0.138. The predicted molar refractivity (Wildman–Crippen MR) is 146 cm³/mol. The van der Waals surface area contributed by atoms with Crippen LogP contribution in [-0.2, 0) is 4.79 Å².